The van der Waals surface area contributed by atoms with E-state index < -0.39 is 5.97 Å². The summed E-state index contributed by atoms with van der Waals surface area (Å²) >= 11 is 1.18. The van der Waals surface area contributed by atoms with Crippen molar-refractivity contribution < 1.29 is 23.9 Å². The van der Waals surface area contributed by atoms with Gasteiger partial charge in [-0.3, -0.25) is 9.59 Å². The molecule has 1 N–H and O–H groups in total. The van der Waals surface area contributed by atoms with Gasteiger partial charge in [-0.25, -0.2) is 4.79 Å². The van der Waals surface area contributed by atoms with Crippen molar-refractivity contribution >= 4 is 29.5 Å². The smallest absolute Gasteiger partial charge is 0.339 e. The number of aromatic nitrogens is 1. The van der Waals surface area contributed by atoms with Crippen LogP contribution in [0.3, 0.4) is 0 Å². The Balaban J connectivity index is 2.71. The summed E-state index contributed by atoms with van der Waals surface area (Å²) in [5, 5.41) is 0. The predicted octanol–water partition coefficient (Wildman–Crippen LogP) is 1.90. The van der Waals surface area contributed by atoms with E-state index in [1.165, 1.54) is 18.9 Å². The molecule has 0 aliphatic carbocycles. The van der Waals surface area contributed by atoms with Gasteiger partial charge in [-0.05, 0) is 26.3 Å². The van der Waals surface area contributed by atoms with Crippen LogP contribution in [0.25, 0.3) is 0 Å². The molecular formula is C14H19NO5S. The second kappa shape index (κ2) is 7.87. The van der Waals surface area contributed by atoms with Crippen LogP contribution in [0.4, 0.5) is 0 Å². The molecule has 0 bridgehead atoms. The third kappa shape index (κ3) is 4.35. The molecule has 1 aromatic rings. The second-order valence-electron chi connectivity index (χ2n) is 4.34. The van der Waals surface area contributed by atoms with E-state index >= 15 is 0 Å². The third-order valence-corrected chi connectivity index (χ3v) is 3.77. The first kappa shape index (κ1) is 17.3. The molecule has 0 unspecified atom stereocenters. The largest absolute Gasteiger partial charge is 0.465 e. The fraction of sp³-hybridized carbons (Fsp3) is 0.500. The number of methoxy groups -OCH3 is 1. The molecule has 6 nitrogen and oxygen atoms in total. The fourth-order valence-electron chi connectivity index (χ4n) is 1.94. The van der Waals surface area contributed by atoms with Gasteiger partial charge in [0.2, 0.25) is 0 Å². The lowest BCUT2D eigenvalue weighted by Gasteiger charge is -2.02. The number of hydrogen-bond donors (Lipinski definition) is 1. The monoisotopic (exact) mass is 313 g/mol. The normalized spacial score (nSPS) is 10.3. The maximum Gasteiger partial charge on any atom is 0.339 e. The van der Waals surface area contributed by atoms with Crippen molar-refractivity contribution in [2.24, 2.45) is 0 Å². The lowest BCUT2D eigenvalue weighted by molar-refractivity contribution is -0.139. The van der Waals surface area contributed by atoms with Crippen molar-refractivity contribution in [2.75, 3.05) is 25.2 Å². The Hall–Kier alpha value is -1.76. The van der Waals surface area contributed by atoms with E-state index in [0.29, 0.717) is 29.1 Å². The lowest BCUT2D eigenvalue weighted by atomic mass is 10.1. The molecule has 1 heterocycles. The Morgan fingerprint density at radius 1 is 1.19 bits per heavy atom. The zero-order valence-electron chi connectivity index (χ0n) is 12.6. The number of aromatic amines is 1. The summed E-state index contributed by atoms with van der Waals surface area (Å²) in [5.41, 5.74) is 1.93. The van der Waals surface area contributed by atoms with Crippen LogP contribution in [0.1, 0.15) is 39.0 Å². The second-order valence-corrected chi connectivity index (χ2v) is 5.32. The fourth-order valence-corrected chi connectivity index (χ4v) is 2.62. The molecule has 21 heavy (non-hydrogen) atoms. The van der Waals surface area contributed by atoms with Crippen molar-refractivity contribution in [3.05, 3.63) is 22.5 Å². The number of aryl methyl sites for hydroxylation is 1. The highest BCUT2D eigenvalue weighted by Crippen LogP contribution is 2.20. The highest BCUT2D eigenvalue weighted by atomic mass is 32.2. The van der Waals surface area contributed by atoms with E-state index in [9.17, 15) is 14.4 Å². The van der Waals surface area contributed by atoms with Crippen molar-refractivity contribution in [3.63, 3.8) is 0 Å². The number of ketones is 1. The number of Topliss-reactive ketones (excluding diaryl/α,β-unsaturated/α-hetero) is 1. The number of H-pyrrole nitrogens is 1. The van der Waals surface area contributed by atoms with Gasteiger partial charge in [0.05, 0.1) is 36.5 Å². The SMILES string of the molecule is CCOC(=O)CSCC(=O)c1[nH]c(C)c(C(=O)OC)c1C. The number of thioether (sulfide) groups is 1. The highest BCUT2D eigenvalue weighted by molar-refractivity contribution is 8.00. The van der Waals surface area contributed by atoms with E-state index in [1.807, 2.05) is 0 Å². The molecule has 0 aliphatic heterocycles. The standard InChI is InChI=1S/C14H19NO5S/c1-5-20-11(17)7-21-6-10(16)13-8(2)12(9(3)15-13)14(18)19-4/h15H,5-7H2,1-4H3. The number of nitrogens with one attached hydrogen (secondary N) is 1. The van der Waals surface area contributed by atoms with Crippen molar-refractivity contribution in [2.45, 2.75) is 20.8 Å². The summed E-state index contributed by atoms with van der Waals surface area (Å²) in [7, 11) is 1.30. The van der Waals surface area contributed by atoms with Gasteiger partial charge in [0, 0.05) is 5.69 Å². The molecule has 0 saturated heterocycles. The summed E-state index contributed by atoms with van der Waals surface area (Å²) < 4.78 is 9.48. The van der Waals surface area contributed by atoms with Gasteiger partial charge in [0.1, 0.15) is 0 Å². The maximum absolute atomic E-state index is 12.1. The van der Waals surface area contributed by atoms with E-state index in [2.05, 4.69) is 4.98 Å². The van der Waals surface area contributed by atoms with Crippen molar-refractivity contribution in [1.82, 2.24) is 4.98 Å². The Labute approximate surface area is 127 Å². The molecule has 0 spiro atoms. The lowest BCUT2D eigenvalue weighted by Crippen LogP contribution is -2.11. The van der Waals surface area contributed by atoms with Gasteiger partial charge in [-0.15, -0.1) is 11.8 Å². The first-order valence-corrected chi connectivity index (χ1v) is 7.61. The third-order valence-electron chi connectivity index (χ3n) is 2.86. The predicted molar refractivity (Wildman–Crippen MR) is 79.9 cm³/mol. The number of carbonyl (C=O) groups excluding carboxylic acids is 3. The summed E-state index contributed by atoms with van der Waals surface area (Å²) in [6.07, 6.45) is 0. The molecule has 116 valence electrons. The van der Waals surface area contributed by atoms with Gasteiger partial charge in [-0.2, -0.15) is 0 Å². The molecule has 0 saturated carbocycles. The zero-order valence-corrected chi connectivity index (χ0v) is 13.4. The molecule has 0 aromatic carbocycles. The molecule has 1 rings (SSSR count). The molecule has 0 fully saturated rings. The average molecular weight is 313 g/mol. The van der Waals surface area contributed by atoms with Gasteiger partial charge in [0.25, 0.3) is 0 Å². The molecule has 0 radical (unpaired) electrons. The van der Waals surface area contributed by atoms with Gasteiger partial charge in [0.15, 0.2) is 5.78 Å². The molecule has 1 aromatic heterocycles. The Kier molecular flexibility index (Phi) is 6.48. The first-order chi connectivity index (χ1) is 9.92. The van der Waals surface area contributed by atoms with Crippen LogP contribution in [0, 0.1) is 13.8 Å². The number of esters is 2. The number of hydrogen-bond acceptors (Lipinski definition) is 6. The minimum Gasteiger partial charge on any atom is -0.465 e. The van der Waals surface area contributed by atoms with Crippen LogP contribution >= 0.6 is 11.8 Å². The molecule has 0 aliphatic rings. The first-order valence-electron chi connectivity index (χ1n) is 6.46. The Bertz CT molecular complexity index is 550. The number of rotatable bonds is 7. The number of ether oxygens (including phenoxy) is 2. The van der Waals surface area contributed by atoms with Crippen molar-refractivity contribution in [1.29, 1.82) is 0 Å². The van der Waals surface area contributed by atoms with E-state index in [4.69, 9.17) is 9.47 Å². The Morgan fingerprint density at radius 3 is 2.43 bits per heavy atom. The summed E-state index contributed by atoms with van der Waals surface area (Å²) in [6.45, 7) is 5.46. The summed E-state index contributed by atoms with van der Waals surface area (Å²) in [4.78, 5) is 37.9. The average Bonchev–Trinajstić information content (AvgIpc) is 2.73. The van der Waals surface area contributed by atoms with Gasteiger partial charge >= 0.3 is 11.9 Å². The highest BCUT2D eigenvalue weighted by Gasteiger charge is 2.22. The molecular weight excluding hydrogens is 294 g/mol. The van der Waals surface area contributed by atoms with Crippen LogP contribution in [0.15, 0.2) is 0 Å². The van der Waals surface area contributed by atoms with Crippen LogP contribution in [-0.4, -0.2) is 47.9 Å². The topological polar surface area (TPSA) is 85.5 Å². The van der Waals surface area contributed by atoms with Crippen LogP contribution < -0.4 is 0 Å². The summed E-state index contributed by atoms with van der Waals surface area (Å²) in [5.74, 6) is -0.716. The maximum atomic E-state index is 12.1. The zero-order chi connectivity index (χ0) is 16.0. The number of carbonyl (C=O) groups is 3. The molecule has 7 heteroatoms. The van der Waals surface area contributed by atoms with E-state index in [1.54, 1.807) is 20.8 Å². The quantitative estimate of drug-likeness (QED) is 0.611. The van der Waals surface area contributed by atoms with E-state index in [0.717, 1.165) is 0 Å². The van der Waals surface area contributed by atoms with Crippen LogP contribution in [0.5, 0.6) is 0 Å². The van der Waals surface area contributed by atoms with Gasteiger partial charge in [-0.1, -0.05) is 0 Å². The van der Waals surface area contributed by atoms with Gasteiger partial charge < -0.3 is 14.5 Å². The minimum atomic E-state index is -0.473. The molecule has 0 amide bonds. The summed E-state index contributed by atoms with van der Waals surface area (Å²) in [6, 6.07) is 0. The molecule has 0 atom stereocenters. The minimum absolute atomic E-state index is 0.127. The van der Waals surface area contributed by atoms with E-state index in [-0.39, 0.29) is 23.3 Å². The Morgan fingerprint density at radius 2 is 1.86 bits per heavy atom. The van der Waals surface area contributed by atoms with Crippen LogP contribution in [-0.2, 0) is 14.3 Å². The van der Waals surface area contributed by atoms with Crippen molar-refractivity contribution in [3.8, 4) is 0 Å². The van der Waals surface area contributed by atoms with Crippen LogP contribution in [0.2, 0.25) is 0 Å².